The molecule has 0 radical (unpaired) electrons. The molecule has 0 fully saturated rings. The fourth-order valence-corrected chi connectivity index (χ4v) is 2.70. The molecule has 1 aromatic carbocycles. The van der Waals surface area contributed by atoms with E-state index in [1.807, 2.05) is 25.2 Å². The van der Waals surface area contributed by atoms with E-state index < -0.39 is 6.10 Å². The van der Waals surface area contributed by atoms with Gasteiger partial charge in [-0.05, 0) is 63.5 Å². The third kappa shape index (κ3) is 3.48. The van der Waals surface area contributed by atoms with E-state index in [1.165, 1.54) is 0 Å². The molecule has 0 aliphatic carbocycles. The summed E-state index contributed by atoms with van der Waals surface area (Å²) >= 11 is 6.87. The Kier molecular flexibility index (Phi) is 5.26. The predicted molar refractivity (Wildman–Crippen MR) is 70.3 cm³/mol. The van der Waals surface area contributed by atoms with Crippen LogP contribution in [-0.2, 0) is 6.54 Å². The lowest BCUT2D eigenvalue weighted by Gasteiger charge is -2.13. The van der Waals surface area contributed by atoms with Crippen LogP contribution in [0, 0.1) is 11.3 Å². The first-order valence-electron chi connectivity index (χ1n) is 4.77. The van der Waals surface area contributed by atoms with Crippen molar-refractivity contribution in [3.05, 3.63) is 26.6 Å². The van der Waals surface area contributed by atoms with Crippen LogP contribution in [-0.4, -0.2) is 13.2 Å². The molecule has 1 rings (SSSR count). The van der Waals surface area contributed by atoms with Crippen molar-refractivity contribution >= 4 is 31.9 Å². The largest absolute Gasteiger partial charge is 0.474 e. The zero-order valence-electron chi connectivity index (χ0n) is 9.05. The maximum absolute atomic E-state index is 8.70. The zero-order valence-corrected chi connectivity index (χ0v) is 12.2. The molecule has 1 atom stereocenters. The lowest BCUT2D eigenvalue weighted by molar-refractivity contribution is 0.273. The van der Waals surface area contributed by atoms with Crippen LogP contribution in [0.25, 0.3) is 0 Å². The summed E-state index contributed by atoms with van der Waals surface area (Å²) in [5.41, 5.74) is 1.14. The van der Waals surface area contributed by atoms with Crippen molar-refractivity contribution in [3.8, 4) is 11.8 Å². The van der Waals surface area contributed by atoms with Crippen LogP contribution in [0.3, 0.4) is 0 Å². The van der Waals surface area contributed by atoms with Crippen LogP contribution < -0.4 is 10.1 Å². The van der Waals surface area contributed by atoms with Gasteiger partial charge in [-0.3, -0.25) is 0 Å². The van der Waals surface area contributed by atoms with E-state index >= 15 is 0 Å². The van der Waals surface area contributed by atoms with Gasteiger partial charge in [-0.15, -0.1) is 0 Å². The van der Waals surface area contributed by atoms with Gasteiger partial charge in [-0.2, -0.15) is 5.26 Å². The number of halogens is 2. The van der Waals surface area contributed by atoms with Crippen molar-refractivity contribution in [3.63, 3.8) is 0 Å². The molecule has 0 aliphatic heterocycles. The molecule has 0 saturated carbocycles. The standard InChI is InChI=1S/C11H12Br2N2O/c1-7(5-14)16-11-9(12)3-8(6-15-2)4-10(11)13/h3-4,7,15H,6H2,1-2H3. The molecule has 1 N–H and O–H groups in total. The number of nitrogens with zero attached hydrogens (tertiary/aromatic N) is 1. The van der Waals surface area contributed by atoms with Gasteiger partial charge in [-0.25, -0.2) is 0 Å². The van der Waals surface area contributed by atoms with Gasteiger partial charge < -0.3 is 10.1 Å². The van der Waals surface area contributed by atoms with Crippen LogP contribution in [0.4, 0.5) is 0 Å². The van der Waals surface area contributed by atoms with E-state index in [2.05, 4.69) is 37.2 Å². The van der Waals surface area contributed by atoms with Crippen LogP contribution in [0.2, 0.25) is 0 Å². The van der Waals surface area contributed by atoms with Crippen molar-refractivity contribution in [2.24, 2.45) is 0 Å². The highest BCUT2D eigenvalue weighted by Crippen LogP contribution is 2.35. The topological polar surface area (TPSA) is 45.0 Å². The molecular formula is C11H12Br2N2O. The second-order valence-corrected chi connectivity index (χ2v) is 5.02. The third-order valence-corrected chi connectivity index (χ3v) is 3.09. The summed E-state index contributed by atoms with van der Waals surface area (Å²) in [5, 5.41) is 11.8. The van der Waals surface area contributed by atoms with Crippen molar-refractivity contribution < 1.29 is 4.74 Å². The molecular weight excluding hydrogens is 336 g/mol. The highest BCUT2D eigenvalue weighted by atomic mass is 79.9. The lowest BCUT2D eigenvalue weighted by atomic mass is 10.2. The minimum absolute atomic E-state index is 0.470. The van der Waals surface area contributed by atoms with E-state index in [4.69, 9.17) is 10.00 Å². The fourth-order valence-electron chi connectivity index (χ4n) is 1.23. The Hall–Kier alpha value is -0.570. The van der Waals surface area contributed by atoms with Gasteiger partial charge in [0.1, 0.15) is 11.8 Å². The maximum atomic E-state index is 8.70. The van der Waals surface area contributed by atoms with E-state index in [9.17, 15) is 0 Å². The molecule has 5 heteroatoms. The Morgan fingerprint density at radius 3 is 2.44 bits per heavy atom. The molecule has 1 aromatic rings. The lowest BCUT2D eigenvalue weighted by Crippen LogP contribution is -2.10. The molecule has 0 heterocycles. The van der Waals surface area contributed by atoms with Crippen molar-refractivity contribution in [2.45, 2.75) is 19.6 Å². The molecule has 86 valence electrons. The van der Waals surface area contributed by atoms with E-state index in [0.717, 1.165) is 21.1 Å². The molecule has 0 bridgehead atoms. The van der Waals surface area contributed by atoms with Gasteiger partial charge in [-0.1, -0.05) is 0 Å². The predicted octanol–water partition coefficient (Wildman–Crippen LogP) is 3.22. The van der Waals surface area contributed by atoms with Crippen LogP contribution in [0.5, 0.6) is 5.75 Å². The first kappa shape index (κ1) is 13.5. The van der Waals surface area contributed by atoms with Crippen LogP contribution >= 0.6 is 31.9 Å². The summed E-state index contributed by atoms with van der Waals surface area (Å²) in [6.45, 7) is 2.49. The first-order chi connectivity index (χ1) is 7.58. The van der Waals surface area contributed by atoms with E-state index in [1.54, 1.807) is 6.92 Å². The third-order valence-electron chi connectivity index (χ3n) is 1.92. The molecule has 0 aliphatic rings. The average Bonchev–Trinajstić information content (AvgIpc) is 2.23. The Labute approximate surface area is 112 Å². The zero-order chi connectivity index (χ0) is 12.1. The number of ether oxygens (including phenoxy) is 1. The van der Waals surface area contributed by atoms with E-state index in [-0.39, 0.29) is 0 Å². The minimum Gasteiger partial charge on any atom is -0.474 e. The molecule has 0 amide bonds. The van der Waals surface area contributed by atoms with Crippen LogP contribution in [0.15, 0.2) is 21.1 Å². The van der Waals surface area contributed by atoms with Crippen molar-refractivity contribution in [2.75, 3.05) is 7.05 Å². The highest BCUT2D eigenvalue weighted by Gasteiger charge is 2.11. The summed E-state index contributed by atoms with van der Waals surface area (Å²) in [6.07, 6.45) is -0.470. The summed E-state index contributed by atoms with van der Waals surface area (Å²) in [6, 6.07) is 5.98. The van der Waals surface area contributed by atoms with Gasteiger partial charge in [0.2, 0.25) is 0 Å². The smallest absolute Gasteiger partial charge is 0.181 e. The Morgan fingerprint density at radius 2 is 2.00 bits per heavy atom. The molecule has 0 spiro atoms. The Morgan fingerprint density at radius 1 is 1.44 bits per heavy atom. The molecule has 0 saturated heterocycles. The van der Waals surface area contributed by atoms with Crippen molar-refractivity contribution in [1.82, 2.24) is 5.32 Å². The quantitative estimate of drug-likeness (QED) is 0.909. The van der Waals surface area contributed by atoms with Crippen LogP contribution in [0.1, 0.15) is 12.5 Å². The number of hydrogen-bond acceptors (Lipinski definition) is 3. The van der Waals surface area contributed by atoms with E-state index in [0.29, 0.717) is 5.75 Å². The molecule has 0 aromatic heterocycles. The molecule has 16 heavy (non-hydrogen) atoms. The molecule has 3 nitrogen and oxygen atoms in total. The average molecular weight is 348 g/mol. The number of nitrogens with one attached hydrogen (secondary N) is 1. The van der Waals surface area contributed by atoms with Gasteiger partial charge >= 0.3 is 0 Å². The summed E-state index contributed by atoms with van der Waals surface area (Å²) in [5.74, 6) is 0.661. The second-order valence-electron chi connectivity index (χ2n) is 3.31. The van der Waals surface area contributed by atoms with Gasteiger partial charge in [0.25, 0.3) is 0 Å². The Bertz CT molecular complexity index is 392. The Balaban J connectivity index is 2.99. The summed E-state index contributed by atoms with van der Waals surface area (Å²) in [4.78, 5) is 0. The summed E-state index contributed by atoms with van der Waals surface area (Å²) < 4.78 is 7.17. The number of hydrogen-bond donors (Lipinski definition) is 1. The number of benzene rings is 1. The highest BCUT2D eigenvalue weighted by molar-refractivity contribution is 9.11. The monoisotopic (exact) mass is 346 g/mol. The van der Waals surface area contributed by atoms with Gasteiger partial charge in [0.05, 0.1) is 8.95 Å². The number of rotatable bonds is 4. The van der Waals surface area contributed by atoms with Crippen molar-refractivity contribution in [1.29, 1.82) is 5.26 Å². The number of nitriles is 1. The second kappa shape index (κ2) is 6.24. The maximum Gasteiger partial charge on any atom is 0.181 e. The SMILES string of the molecule is CNCc1cc(Br)c(OC(C)C#N)c(Br)c1. The fraction of sp³-hybridized carbons (Fsp3) is 0.364. The first-order valence-corrected chi connectivity index (χ1v) is 6.36. The van der Waals surface area contributed by atoms with Gasteiger partial charge in [0.15, 0.2) is 6.10 Å². The minimum atomic E-state index is -0.470. The van der Waals surface area contributed by atoms with Gasteiger partial charge in [0, 0.05) is 6.54 Å². The summed E-state index contributed by atoms with van der Waals surface area (Å²) in [7, 11) is 1.89. The normalized spacial score (nSPS) is 11.9. The molecule has 1 unspecified atom stereocenters.